The Kier molecular flexibility index (Phi) is 5.23. The first kappa shape index (κ1) is 15.1. The molecule has 2 nitrogen and oxygen atoms in total. The Bertz CT molecular complexity index is 366. The summed E-state index contributed by atoms with van der Waals surface area (Å²) in [6, 6.07) is 3.64. The Morgan fingerprint density at radius 3 is 2.17 bits per heavy atom. The highest BCUT2D eigenvalue weighted by Gasteiger charge is 2.09. The van der Waals surface area contributed by atoms with Crippen LogP contribution in [0, 0.1) is 11.6 Å². The van der Waals surface area contributed by atoms with E-state index in [9.17, 15) is 8.78 Å². The van der Waals surface area contributed by atoms with Crippen LogP contribution in [-0.2, 0) is 6.54 Å². The Labute approximate surface area is 108 Å². The second-order valence-corrected chi connectivity index (χ2v) is 5.69. The van der Waals surface area contributed by atoms with E-state index < -0.39 is 11.6 Å². The molecule has 0 heterocycles. The molecule has 0 amide bonds. The van der Waals surface area contributed by atoms with Gasteiger partial charge < -0.3 is 10.2 Å². The first-order valence-electron chi connectivity index (χ1n) is 6.15. The predicted molar refractivity (Wildman–Crippen MR) is 70.4 cm³/mol. The van der Waals surface area contributed by atoms with Gasteiger partial charge in [0.2, 0.25) is 0 Å². The Hall–Kier alpha value is -1.00. The normalized spacial score (nSPS) is 12.2. The first-order valence-corrected chi connectivity index (χ1v) is 6.15. The van der Waals surface area contributed by atoms with Gasteiger partial charge in [-0.2, -0.15) is 0 Å². The van der Waals surface area contributed by atoms with Crippen LogP contribution in [-0.4, -0.2) is 30.6 Å². The molecule has 1 N–H and O–H groups in total. The van der Waals surface area contributed by atoms with E-state index in [1.807, 2.05) is 11.9 Å². The minimum absolute atomic E-state index is 0.0891. The number of halogens is 2. The van der Waals surface area contributed by atoms with E-state index in [-0.39, 0.29) is 5.54 Å². The van der Waals surface area contributed by atoms with E-state index in [2.05, 4.69) is 26.1 Å². The van der Waals surface area contributed by atoms with Gasteiger partial charge in [-0.25, -0.2) is 8.78 Å². The Morgan fingerprint density at radius 1 is 1.11 bits per heavy atom. The zero-order valence-electron chi connectivity index (χ0n) is 11.6. The van der Waals surface area contributed by atoms with Crippen molar-refractivity contribution >= 4 is 0 Å². The molecule has 1 aromatic carbocycles. The zero-order valence-corrected chi connectivity index (χ0v) is 11.6. The summed E-state index contributed by atoms with van der Waals surface area (Å²) in [5.74, 6) is -1.04. The van der Waals surface area contributed by atoms with Crippen LogP contribution in [0.5, 0.6) is 0 Å². The highest BCUT2D eigenvalue weighted by molar-refractivity contribution is 5.17. The van der Waals surface area contributed by atoms with E-state index in [0.29, 0.717) is 12.1 Å². The summed E-state index contributed by atoms with van der Waals surface area (Å²) < 4.78 is 26.0. The van der Waals surface area contributed by atoms with Gasteiger partial charge in [0, 0.05) is 31.2 Å². The Morgan fingerprint density at radius 2 is 1.67 bits per heavy atom. The summed E-state index contributed by atoms with van der Waals surface area (Å²) >= 11 is 0. The third-order valence-corrected chi connectivity index (χ3v) is 2.52. The fraction of sp³-hybridized carbons (Fsp3) is 0.571. The predicted octanol–water partition coefficient (Wildman–Crippen LogP) is 2.78. The van der Waals surface area contributed by atoms with E-state index in [1.54, 1.807) is 0 Å². The maximum Gasteiger partial charge on any atom is 0.126 e. The molecule has 4 heteroatoms. The molecule has 1 aromatic rings. The van der Waals surface area contributed by atoms with Gasteiger partial charge in [-0.1, -0.05) is 0 Å². The minimum Gasteiger partial charge on any atom is -0.311 e. The maximum atomic E-state index is 13.0. The smallest absolute Gasteiger partial charge is 0.126 e. The largest absolute Gasteiger partial charge is 0.311 e. The lowest BCUT2D eigenvalue weighted by molar-refractivity contribution is 0.302. The third-order valence-electron chi connectivity index (χ3n) is 2.52. The quantitative estimate of drug-likeness (QED) is 0.871. The molecule has 0 aliphatic rings. The molecule has 1 rings (SSSR count). The monoisotopic (exact) mass is 256 g/mol. The molecule has 0 atom stereocenters. The number of hydrogen-bond donors (Lipinski definition) is 1. The molecule has 0 fully saturated rings. The van der Waals surface area contributed by atoms with Crippen LogP contribution >= 0.6 is 0 Å². The summed E-state index contributed by atoms with van der Waals surface area (Å²) in [6.45, 7) is 8.53. The molecular formula is C14H22F2N2. The van der Waals surface area contributed by atoms with Crippen molar-refractivity contribution in [2.45, 2.75) is 32.9 Å². The number of rotatable bonds is 5. The summed E-state index contributed by atoms with van der Waals surface area (Å²) in [4.78, 5) is 2.03. The molecule has 0 saturated carbocycles. The van der Waals surface area contributed by atoms with Crippen molar-refractivity contribution in [3.63, 3.8) is 0 Å². The van der Waals surface area contributed by atoms with Gasteiger partial charge in [-0.15, -0.1) is 0 Å². The average molecular weight is 256 g/mol. The van der Waals surface area contributed by atoms with Gasteiger partial charge in [0.1, 0.15) is 11.6 Å². The average Bonchev–Trinajstić information content (AvgIpc) is 2.12. The van der Waals surface area contributed by atoms with Crippen molar-refractivity contribution in [1.82, 2.24) is 10.2 Å². The minimum atomic E-state index is -0.522. The number of hydrogen-bond acceptors (Lipinski definition) is 2. The highest BCUT2D eigenvalue weighted by atomic mass is 19.1. The van der Waals surface area contributed by atoms with Crippen LogP contribution in [0.4, 0.5) is 8.78 Å². The van der Waals surface area contributed by atoms with Crippen LogP contribution in [0.1, 0.15) is 26.3 Å². The molecule has 0 radical (unpaired) electrons. The molecule has 0 saturated heterocycles. The topological polar surface area (TPSA) is 15.3 Å². The molecule has 0 unspecified atom stereocenters. The molecule has 102 valence electrons. The molecular weight excluding hydrogens is 234 g/mol. The molecule has 0 bridgehead atoms. The fourth-order valence-electron chi connectivity index (χ4n) is 1.71. The number of nitrogens with one attached hydrogen (secondary N) is 1. The molecule has 0 aliphatic heterocycles. The van der Waals surface area contributed by atoms with Gasteiger partial charge in [-0.3, -0.25) is 0 Å². The summed E-state index contributed by atoms with van der Waals surface area (Å²) in [7, 11) is 1.94. The molecule has 0 aromatic heterocycles. The van der Waals surface area contributed by atoms with Gasteiger partial charge in [-0.05, 0) is 45.5 Å². The lowest BCUT2D eigenvalue weighted by atomic mass is 10.1. The first-order chi connectivity index (χ1) is 8.26. The number of benzene rings is 1. The lowest BCUT2D eigenvalue weighted by Gasteiger charge is -2.23. The maximum absolute atomic E-state index is 13.0. The second kappa shape index (κ2) is 6.25. The Balaban J connectivity index is 2.42. The van der Waals surface area contributed by atoms with Crippen molar-refractivity contribution in [3.05, 3.63) is 35.4 Å². The fourth-order valence-corrected chi connectivity index (χ4v) is 1.71. The van der Waals surface area contributed by atoms with Crippen molar-refractivity contribution in [2.75, 3.05) is 20.1 Å². The molecule has 0 spiro atoms. The van der Waals surface area contributed by atoms with Crippen LogP contribution in [0.25, 0.3) is 0 Å². The summed E-state index contributed by atoms with van der Waals surface area (Å²) in [6.07, 6.45) is 0. The van der Waals surface area contributed by atoms with E-state index >= 15 is 0 Å². The van der Waals surface area contributed by atoms with Crippen molar-refractivity contribution in [3.8, 4) is 0 Å². The van der Waals surface area contributed by atoms with E-state index in [0.717, 1.165) is 19.2 Å². The van der Waals surface area contributed by atoms with Gasteiger partial charge >= 0.3 is 0 Å². The number of nitrogens with zero attached hydrogens (tertiary/aromatic N) is 1. The second-order valence-electron chi connectivity index (χ2n) is 5.69. The van der Waals surface area contributed by atoms with Crippen LogP contribution in [0.15, 0.2) is 18.2 Å². The van der Waals surface area contributed by atoms with Gasteiger partial charge in [0.05, 0.1) is 0 Å². The van der Waals surface area contributed by atoms with Crippen molar-refractivity contribution in [2.24, 2.45) is 0 Å². The van der Waals surface area contributed by atoms with E-state index in [4.69, 9.17) is 0 Å². The summed E-state index contributed by atoms with van der Waals surface area (Å²) in [5, 5.41) is 3.37. The summed E-state index contributed by atoms with van der Waals surface area (Å²) in [5.41, 5.74) is 0.747. The lowest BCUT2D eigenvalue weighted by Crippen LogP contribution is -2.40. The van der Waals surface area contributed by atoms with Gasteiger partial charge in [0.25, 0.3) is 0 Å². The highest BCUT2D eigenvalue weighted by Crippen LogP contribution is 2.09. The van der Waals surface area contributed by atoms with Crippen LogP contribution < -0.4 is 5.32 Å². The van der Waals surface area contributed by atoms with Crippen LogP contribution in [0.3, 0.4) is 0 Å². The number of likely N-dealkylation sites (N-methyl/N-ethyl adjacent to an activating group) is 1. The SMILES string of the molecule is CN(CCNC(C)(C)C)Cc1cc(F)cc(F)c1. The molecule has 18 heavy (non-hydrogen) atoms. The van der Waals surface area contributed by atoms with Crippen molar-refractivity contribution < 1.29 is 8.78 Å². The molecule has 0 aliphatic carbocycles. The standard InChI is InChI=1S/C14H22F2N2/c1-14(2,3)17-5-6-18(4)10-11-7-12(15)9-13(16)8-11/h7-9,17H,5-6,10H2,1-4H3. The van der Waals surface area contributed by atoms with Crippen molar-refractivity contribution in [1.29, 1.82) is 0 Å². The van der Waals surface area contributed by atoms with E-state index in [1.165, 1.54) is 12.1 Å². The third kappa shape index (κ3) is 6.07. The van der Waals surface area contributed by atoms with Gasteiger partial charge in [0.15, 0.2) is 0 Å². The zero-order chi connectivity index (χ0) is 13.8. The van der Waals surface area contributed by atoms with Crippen LogP contribution in [0.2, 0.25) is 0 Å².